The molecule has 0 unspecified atom stereocenters. The Hall–Kier alpha value is -2.43. The number of pyridine rings is 1. The smallest absolute Gasteiger partial charge is 0.254 e. The molecule has 0 aliphatic heterocycles. The molecule has 0 saturated heterocycles. The fourth-order valence-electron chi connectivity index (χ4n) is 2.64. The van der Waals surface area contributed by atoms with Crippen molar-refractivity contribution in [1.82, 2.24) is 9.88 Å². The van der Waals surface area contributed by atoms with Crippen molar-refractivity contribution in [3.63, 3.8) is 0 Å². The first-order valence-electron chi connectivity index (χ1n) is 7.90. The van der Waals surface area contributed by atoms with Gasteiger partial charge in [0.25, 0.3) is 5.91 Å². The lowest BCUT2D eigenvalue weighted by atomic mass is 10.1. The van der Waals surface area contributed by atoms with E-state index in [0.29, 0.717) is 16.6 Å². The third-order valence-corrected chi connectivity index (χ3v) is 4.19. The Morgan fingerprint density at radius 3 is 2.35 bits per heavy atom. The summed E-state index contributed by atoms with van der Waals surface area (Å²) in [7, 11) is 0. The lowest BCUT2D eigenvalue weighted by molar-refractivity contribution is 0.0729. The van der Waals surface area contributed by atoms with Gasteiger partial charge in [0, 0.05) is 41.1 Å². The number of rotatable bonds is 5. The Labute approximate surface area is 161 Å². The monoisotopic (exact) mass is 388 g/mol. The van der Waals surface area contributed by atoms with Crippen LogP contribution in [0.1, 0.15) is 21.5 Å². The van der Waals surface area contributed by atoms with Crippen molar-refractivity contribution in [2.24, 2.45) is 0 Å². The third-order valence-electron chi connectivity index (χ3n) is 3.75. The van der Waals surface area contributed by atoms with E-state index >= 15 is 0 Å². The number of benzene rings is 2. The lowest BCUT2D eigenvalue weighted by Crippen LogP contribution is -2.30. The number of hydrogen-bond donors (Lipinski definition) is 0. The van der Waals surface area contributed by atoms with Gasteiger partial charge < -0.3 is 4.90 Å². The molecule has 2 aromatic carbocycles. The van der Waals surface area contributed by atoms with Crippen molar-refractivity contribution in [2.75, 3.05) is 0 Å². The number of aromatic nitrogens is 1. The molecule has 0 aliphatic rings. The van der Waals surface area contributed by atoms with Crippen LogP contribution in [0.3, 0.4) is 0 Å². The van der Waals surface area contributed by atoms with Gasteiger partial charge in [-0.2, -0.15) is 0 Å². The molecular formula is C20H15Cl2FN2O. The van der Waals surface area contributed by atoms with Crippen LogP contribution in [0.2, 0.25) is 10.0 Å². The zero-order valence-corrected chi connectivity index (χ0v) is 15.2. The minimum atomic E-state index is -0.456. The van der Waals surface area contributed by atoms with Crippen molar-refractivity contribution < 1.29 is 9.18 Å². The van der Waals surface area contributed by atoms with Gasteiger partial charge in [-0.1, -0.05) is 35.3 Å². The molecule has 1 aromatic heterocycles. The van der Waals surface area contributed by atoms with Gasteiger partial charge in [0.15, 0.2) is 0 Å². The number of carbonyl (C=O) groups excluding carboxylic acids is 1. The standard InChI is InChI=1S/C20H15Cl2FN2O/c21-17-7-15(8-18(22)10-17)13-25(12-14-3-2-6-24-11-14)20(26)16-4-1-5-19(23)9-16/h1-11H,12-13H2. The maximum Gasteiger partial charge on any atom is 0.254 e. The second kappa shape index (κ2) is 8.30. The lowest BCUT2D eigenvalue weighted by Gasteiger charge is -2.23. The number of halogens is 3. The maximum absolute atomic E-state index is 13.5. The molecule has 0 radical (unpaired) electrons. The van der Waals surface area contributed by atoms with Crippen molar-refractivity contribution in [3.05, 3.63) is 99.5 Å². The highest BCUT2D eigenvalue weighted by molar-refractivity contribution is 6.34. The number of carbonyl (C=O) groups is 1. The molecule has 0 atom stereocenters. The molecule has 1 amide bonds. The summed E-state index contributed by atoms with van der Waals surface area (Å²) in [6, 6.07) is 14.5. The van der Waals surface area contributed by atoms with E-state index in [0.717, 1.165) is 11.1 Å². The van der Waals surface area contributed by atoms with Gasteiger partial charge in [0.05, 0.1) is 0 Å². The fourth-order valence-corrected chi connectivity index (χ4v) is 3.21. The van der Waals surface area contributed by atoms with Crippen LogP contribution in [-0.4, -0.2) is 15.8 Å². The molecule has 132 valence electrons. The minimum Gasteiger partial charge on any atom is -0.330 e. The van der Waals surface area contributed by atoms with Crippen LogP contribution >= 0.6 is 23.2 Å². The predicted molar refractivity (Wildman–Crippen MR) is 101 cm³/mol. The molecule has 0 fully saturated rings. The second-order valence-corrected chi connectivity index (χ2v) is 6.68. The van der Waals surface area contributed by atoms with Crippen molar-refractivity contribution in [1.29, 1.82) is 0 Å². The summed E-state index contributed by atoms with van der Waals surface area (Å²) in [6.07, 6.45) is 3.36. The van der Waals surface area contributed by atoms with E-state index in [1.54, 1.807) is 47.6 Å². The van der Waals surface area contributed by atoms with E-state index in [-0.39, 0.29) is 18.0 Å². The Kier molecular flexibility index (Phi) is 5.86. The van der Waals surface area contributed by atoms with Gasteiger partial charge in [-0.25, -0.2) is 4.39 Å². The van der Waals surface area contributed by atoms with E-state index in [4.69, 9.17) is 23.2 Å². The average molecular weight is 389 g/mol. The molecule has 3 aromatic rings. The second-order valence-electron chi connectivity index (χ2n) is 5.81. The Bertz CT molecular complexity index is 898. The zero-order valence-electron chi connectivity index (χ0n) is 13.7. The first kappa shape index (κ1) is 18.4. The van der Waals surface area contributed by atoms with Crippen LogP contribution in [0.15, 0.2) is 67.0 Å². The summed E-state index contributed by atoms with van der Waals surface area (Å²) in [5.41, 5.74) is 1.93. The van der Waals surface area contributed by atoms with Gasteiger partial charge in [-0.3, -0.25) is 9.78 Å². The van der Waals surface area contributed by atoms with Crippen molar-refractivity contribution >= 4 is 29.1 Å². The highest BCUT2D eigenvalue weighted by Crippen LogP contribution is 2.22. The predicted octanol–water partition coefficient (Wildman–Crippen LogP) is 5.37. The van der Waals surface area contributed by atoms with E-state index in [9.17, 15) is 9.18 Å². The normalized spacial score (nSPS) is 10.6. The fraction of sp³-hybridized carbons (Fsp3) is 0.100. The number of hydrogen-bond acceptors (Lipinski definition) is 2. The SMILES string of the molecule is O=C(c1cccc(F)c1)N(Cc1cccnc1)Cc1cc(Cl)cc(Cl)c1. The maximum atomic E-state index is 13.5. The Morgan fingerprint density at radius 1 is 0.962 bits per heavy atom. The van der Waals surface area contributed by atoms with Crippen LogP contribution in [0.5, 0.6) is 0 Å². The Balaban J connectivity index is 1.91. The van der Waals surface area contributed by atoms with E-state index < -0.39 is 5.82 Å². The minimum absolute atomic E-state index is 0.280. The molecule has 0 N–H and O–H groups in total. The largest absolute Gasteiger partial charge is 0.330 e. The highest BCUT2D eigenvalue weighted by Gasteiger charge is 2.18. The molecule has 3 nitrogen and oxygen atoms in total. The molecule has 1 heterocycles. The third kappa shape index (κ3) is 4.81. The highest BCUT2D eigenvalue weighted by atomic mass is 35.5. The summed E-state index contributed by atoms with van der Waals surface area (Å²) < 4.78 is 13.5. The van der Waals surface area contributed by atoms with Gasteiger partial charge >= 0.3 is 0 Å². The topological polar surface area (TPSA) is 33.2 Å². The molecule has 3 rings (SSSR count). The molecular weight excluding hydrogens is 374 g/mol. The molecule has 26 heavy (non-hydrogen) atoms. The van der Waals surface area contributed by atoms with Crippen molar-refractivity contribution in [2.45, 2.75) is 13.1 Å². The summed E-state index contributed by atoms with van der Waals surface area (Å²) >= 11 is 12.1. The average Bonchev–Trinajstić information content (AvgIpc) is 2.60. The summed E-state index contributed by atoms with van der Waals surface area (Å²) in [5, 5.41) is 0.985. The van der Waals surface area contributed by atoms with E-state index in [2.05, 4.69) is 4.98 Å². The molecule has 0 saturated carbocycles. The molecule has 6 heteroatoms. The number of nitrogens with zero attached hydrogens (tertiary/aromatic N) is 2. The van der Waals surface area contributed by atoms with Crippen molar-refractivity contribution in [3.8, 4) is 0 Å². The van der Waals surface area contributed by atoms with Gasteiger partial charge in [0.2, 0.25) is 0 Å². The van der Waals surface area contributed by atoms with Gasteiger partial charge in [-0.15, -0.1) is 0 Å². The quantitative estimate of drug-likeness (QED) is 0.588. The summed E-state index contributed by atoms with van der Waals surface area (Å²) in [4.78, 5) is 18.6. The van der Waals surface area contributed by atoms with Crippen LogP contribution in [0.25, 0.3) is 0 Å². The zero-order chi connectivity index (χ0) is 18.5. The van der Waals surface area contributed by atoms with Gasteiger partial charge in [-0.05, 0) is 53.6 Å². The van der Waals surface area contributed by atoms with Crippen LogP contribution in [0, 0.1) is 5.82 Å². The Morgan fingerprint density at radius 2 is 1.69 bits per heavy atom. The molecule has 0 spiro atoms. The number of amides is 1. The van der Waals surface area contributed by atoms with Crippen LogP contribution in [-0.2, 0) is 13.1 Å². The first-order chi connectivity index (χ1) is 12.5. The molecule has 0 aliphatic carbocycles. The first-order valence-corrected chi connectivity index (χ1v) is 8.65. The summed E-state index contributed by atoms with van der Waals surface area (Å²) in [6.45, 7) is 0.609. The van der Waals surface area contributed by atoms with Crippen LogP contribution < -0.4 is 0 Å². The van der Waals surface area contributed by atoms with E-state index in [1.807, 2.05) is 6.07 Å². The van der Waals surface area contributed by atoms with E-state index in [1.165, 1.54) is 18.2 Å². The van der Waals surface area contributed by atoms with Crippen LogP contribution in [0.4, 0.5) is 4.39 Å². The summed E-state index contributed by atoms with van der Waals surface area (Å²) in [5.74, 6) is -0.743. The molecule has 0 bridgehead atoms. The van der Waals surface area contributed by atoms with Gasteiger partial charge in [0.1, 0.15) is 5.82 Å².